The van der Waals surface area contributed by atoms with Gasteiger partial charge in [0.25, 0.3) is 0 Å². The molecule has 74 valence electrons. The molecule has 0 N–H and O–H groups in total. The van der Waals surface area contributed by atoms with E-state index in [2.05, 4.69) is 4.74 Å². The molecule has 0 aliphatic rings. The normalized spacial score (nSPS) is 9.57. The summed E-state index contributed by atoms with van der Waals surface area (Å²) >= 11 is 0. The van der Waals surface area contributed by atoms with Crippen LogP contribution in [0.15, 0.2) is 24.3 Å². The summed E-state index contributed by atoms with van der Waals surface area (Å²) in [5.41, 5.74) is 1.95. The van der Waals surface area contributed by atoms with Crippen molar-refractivity contribution >= 4 is 11.8 Å². The predicted octanol–water partition coefficient (Wildman–Crippen LogP) is 1.28. The molecule has 0 saturated heterocycles. The molecule has 0 bridgehead atoms. The van der Waals surface area contributed by atoms with Crippen LogP contribution in [0.1, 0.15) is 11.1 Å². The molecule has 0 atom stereocenters. The fourth-order valence-corrected chi connectivity index (χ4v) is 1.08. The van der Waals surface area contributed by atoms with Crippen molar-refractivity contribution in [2.75, 3.05) is 7.11 Å². The monoisotopic (exact) mass is 192 g/mol. The van der Waals surface area contributed by atoms with E-state index in [-0.39, 0.29) is 6.42 Å². The molecule has 3 heteroatoms. The first-order valence-electron chi connectivity index (χ1n) is 4.30. The highest BCUT2D eigenvalue weighted by Gasteiger charge is 2.13. The number of aryl methyl sites for hydroxylation is 1. The number of Topliss-reactive ketones (excluding diaryl/α,β-unsaturated/α-hetero) is 1. The van der Waals surface area contributed by atoms with Gasteiger partial charge in [-0.15, -0.1) is 0 Å². The number of hydrogen-bond acceptors (Lipinski definition) is 3. The van der Waals surface area contributed by atoms with E-state index >= 15 is 0 Å². The summed E-state index contributed by atoms with van der Waals surface area (Å²) in [6.45, 7) is 1.96. The van der Waals surface area contributed by atoms with Gasteiger partial charge >= 0.3 is 5.97 Å². The van der Waals surface area contributed by atoms with Crippen molar-refractivity contribution in [2.24, 2.45) is 0 Å². The summed E-state index contributed by atoms with van der Waals surface area (Å²) in [6, 6.07) is 7.46. The van der Waals surface area contributed by atoms with E-state index in [1.165, 1.54) is 7.11 Å². The highest BCUT2D eigenvalue weighted by Crippen LogP contribution is 2.04. The average molecular weight is 192 g/mol. The minimum Gasteiger partial charge on any atom is -0.463 e. The van der Waals surface area contributed by atoms with E-state index in [9.17, 15) is 9.59 Å². The lowest BCUT2D eigenvalue weighted by Crippen LogP contribution is -2.17. The van der Waals surface area contributed by atoms with Crippen LogP contribution in [0.2, 0.25) is 0 Å². The molecule has 0 fully saturated rings. The van der Waals surface area contributed by atoms with Gasteiger partial charge in [-0.05, 0) is 12.5 Å². The van der Waals surface area contributed by atoms with Gasteiger partial charge in [0.15, 0.2) is 0 Å². The van der Waals surface area contributed by atoms with Crippen molar-refractivity contribution in [2.45, 2.75) is 13.3 Å². The van der Waals surface area contributed by atoms with E-state index in [0.717, 1.165) is 11.1 Å². The maximum atomic E-state index is 11.2. The molecule has 0 unspecified atom stereocenters. The fraction of sp³-hybridized carbons (Fsp3) is 0.273. The lowest BCUT2D eigenvalue weighted by atomic mass is 10.1. The zero-order valence-electron chi connectivity index (χ0n) is 8.24. The lowest BCUT2D eigenvalue weighted by Gasteiger charge is -1.99. The third kappa shape index (κ3) is 2.69. The maximum Gasteiger partial charge on any atom is 0.374 e. The van der Waals surface area contributed by atoms with Crippen molar-refractivity contribution < 1.29 is 14.3 Å². The van der Waals surface area contributed by atoms with Gasteiger partial charge in [-0.25, -0.2) is 4.79 Å². The Morgan fingerprint density at radius 2 is 1.79 bits per heavy atom. The van der Waals surface area contributed by atoms with Crippen molar-refractivity contribution in [3.63, 3.8) is 0 Å². The van der Waals surface area contributed by atoms with Crippen LogP contribution in [0, 0.1) is 6.92 Å². The van der Waals surface area contributed by atoms with Gasteiger partial charge in [0.2, 0.25) is 5.78 Å². The minimum atomic E-state index is -0.787. The summed E-state index contributed by atoms with van der Waals surface area (Å²) in [4.78, 5) is 22.0. The Kier molecular flexibility index (Phi) is 3.40. The summed E-state index contributed by atoms with van der Waals surface area (Å²) in [6.07, 6.45) is 0.104. The zero-order valence-corrected chi connectivity index (χ0v) is 8.24. The van der Waals surface area contributed by atoms with Crippen LogP contribution in [-0.4, -0.2) is 18.9 Å². The van der Waals surface area contributed by atoms with E-state index in [1.54, 1.807) is 0 Å². The Bertz CT molecular complexity index is 338. The molecule has 0 saturated carbocycles. The number of carbonyl (C=O) groups excluding carboxylic acids is 2. The van der Waals surface area contributed by atoms with Crippen LogP contribution in [0.25, 0.3) is 0 Å². The number of hydrogen-bond donors (Lipinski definition) is 0. The molecule has 0 heterocycles. The van der Waals surface area contributed by atoms with Gasteiger partial charge in [0, 0.05) is 6.42 Å². The first-order chi connectivity index (χ1) is 6.63. The quantitative estimate of drug-likeness (QED) is 0.535. The number of methoxy groups -OCH3 is 1. The molecule has 0 aromatic heterocycles. The Morgan fingerprint density at radius 1 is 1.21 bits per heavy atom. The average Bonchev–Trinajstić information content (AvgIpc) is 2.20. The Hall–Kier alpha value is -1.64. The smallest absolute Gasteiger partial charge is 0.374 e. The van der Waals surface area contributed by atoms with Crippen LogP contribution >= 0.6 is 0 Å². The number of rotatable bonds is 3. The van der Waals surface area contributed by atoms with Crippen LogP contribution in [-0.2, 0) is 20.7 Å². The standard InChI is InChI=1S/C11H12O3/c1-8-3-5-9(6-4-8)7-10(12)11(13)14-2/h3-6H,7H2,1-2H3. The summed E-state index contributed by atoms with van der Waals surface area (Å²) < 4.78 is 4.32. The Balaban J connectivity index is 2.65. The van der Waals surface area contributed by atoms with Gasteiger partial charge in [-0.1, -0.05) is 29.8 Å². The largest absolute Gasteiger partial charge is 0.463 e. The zero-order chi connectivity index (χ0) is 10.6. The molecule has 0 aliphatic heterocycles. The number of carbonyl (C=O) groups is 2. The maximum absolute atomic E-state index is 11.2. The first kappa shape index (κ1) is 10.4. The molecule has 1 rings (SSSR count). The molecule has 14 heavy (non-hydrogen) atoms. The van der Waals surface area contributed by atoms with Crippen LogP contribution < -0.4 is 0 Å². The highest BCUT2D eigenvalue weighted by atomic mass is 16.5. The molecule has 1 aromatic rings. The van der Waals surface area contributed by atoms with Crippen LogP contribution in [0.4, 0.5) is 0 Å². The first-order valence-corrected chi connectivity index (χ1v) is 4.30. The van der Waals surface area contributed by atoms with Crippen molar-refractivity contribution in [1.82, 2.24) is 0 Å². The molecule has 0 spiro atoms. The van der Waals surface area contributed by atoms with Gasteiger partial charge in [0.1, 0.15) is 0 Å². The van der Waals surface area contributed by atoms with Crippen molar-refractivity contribution in [3.05, 3.63) is 35.4 Å². The molecule has 0 aliphatic carbocycles. The van der Waals surface area contributed by atoms with Gasteiger partial charge in [0.05, 0.1) is 7.11 Å². The molecule has 0 radical (unpaired) electrons. The van der Waals surface area contributed by atoms with Crippen molar-refractivity contribution in [3.8, 4) is 0 Å². The van der Waals surface area contributed by atoms with Crippen LogP contribution in [0.3, 0.4) is 0 Å². The van der Waals surface area contributed by atoms with Crippen LogP contribution in [0.5, 0.6) is 0 Å². The Morgan fingerprint density at radius 3 is 2.29 bits per heavy atom. The van der Waals surface area contributed by atoms with Gasteiger partial charge in [-0.3, -0.25) is 4.79 Å². The molecule has 0 amide bonds. The summed E-state index contributed by atoms with van der Waals surface area (Å²) in [7, 11) is 1.20. The number of benzene rings is 1. The molecule has 1 aromatic carbocycles. The third-order valence-corrected chi connectivity index (χ3v) is 1.90. The predicted molar refractivity (Wildman–Crippen MR) is 51.9 cm³/mol. The minimum absolute atomic E-state index is 0.104. The van der Waals surface area contributed by atoms with E-state index < -0.39 is 11.8 Å². The number of esters is 1. The van der Waals surface area contributed by atoms with E-state index in [4.69, 9.17) is 0 Å². The summed E-state index contributed by atoms with van der Waals surface area (Å²) in [5.74, 6) is -1.30. The van der Waals surface area contributed by atoms with E-state index in [0.29, 0.717) is 0 Å². The van der Waals surface area contributed by atoms with Gasteiger partial charge in [-0.2, -0.15) is 0 Å². The van der Waals surface area contributed by atoms with E-state index in [1.807, 2.05) is 31.2 Å². The highest BCUT2D eigenvalue weighted by molar-refractivity contribution is 6.34. The third-order valence-electron chi connectivity index (χ3n) is 1.90. The van der Waals surface area contributed by atoms with Crippen molar-refractivity contribution in [1.29, 1.82) is 0 Å². The second-order valence-corrected chi connectivity index (χ2v) is 3.08. The molecule has 3 nitrogen and oxygen atoms in total. The topological polar surface area (TPSA) is 43.4 Å². The Labute approximate surface area is 82.7 Å². The fourth-order valence-electron chi connectivity index (χ4n) is 1.08. The summed E-state index contributed by atoms with van der Waals surface area (Å²) in [5, 5.41) is 0. The lowest BCUT2D eigenvalue weighted by molar-refractivity contribution is -0.151. The SMILES string of the molecule is COC(=O)C(=O)Cc1ccc(C)cc1. The number of ether oxygens (including phenoxy) is 1. The number of ketones is 1. The molecular weight excluding hydrogens is 180 g/mol. The second kappa shape index (κ2) is 4.56. The van der Waals surface area contributed by atoms with Gasteiger partial charge < -0.3 is 4.74 Å². The molecular formula is C11H12O3. The second-order valence-electron chi connectivity index (χ2n) is 3.08.